The van der Waals surface area contributed by atoms with Crippen molar-refractivity contribution in [1.29, 1.82) is 0 Å². The Bertz CT molecular complexity index is 430. The summed E-state index contributed by atoms with van der Waals surface area (Å²) in [5, 5.41) is 9.59. The van der Waals surface area contributed by atoms with Gasteiger partial charge in [0.05, 0.1) is 24.0 Å². The SMILES string of the molecule is O=C(O)C1(C2(c3ccccc3)COC2)CCC1. The average Bonchev–Trinajstić information content (AvgIpc) is 2.21. The number of hydrogen-bond acceptors (Lipinski definition) is 2. The minimum Gasteiger partial charge on any atom is -0.481 e. The van der Waals surface area contributed by atoms with Crippen LogP contribution in [0.1, 0.15) is 24.8 Å². The minimum absolute atomic E-state index is 0.293. The summed E-state index contributed by atoms with van der Waals surface area (Å²) in [5.74, 6) is -0.657. The van der Waals surface area contributed by atoms with Gasteiger partial charge >= 0.3 is 5.97 Å². The minimum atomic E-state index is -0.657. The van der Waals surface area contributed by atoms with Gasteiger partial charge in [-0.2, -0.15) is 0 Å². The van der Waals surface area contributed by atoms with Gasteiger partial charge in [-0.3, -0.25) is 4.79 Å². The maximum absolute atomic E-state index is 11.7. The first-order chi connectivity index (χ1) is 8.21. The fourth-order valence-electron chi connectivity index (χ4n) is 3.21. The van der Waals surface area contributed by atoms with Crippen LogP contribution in [0.15, 0.2) is 30.3 Å². The molecule has 1 aliphatic heterocycles. The lowest BCUT2D eigenvalue weighted by Crippen LogP contribution is -2.64. The molecule has 1 N–H and O–H groups in total. The van der Waals surface area contributed by atoms with Gasteiger partial charge in [0.15, 0.2) is 0 Å². The summed E-state index contributed by atoms with van der Waals surface area (Å²) in [6, 6.07) is 9.98. The fraction of sp³-hybridized carbons (Fsp3) is 0.500. The van der Waals surface area contributed by atoms with Gasteiger partial charge < -0.3 is 9.84 Å². The molecule has 0 radical (unpaired) electrons. The monoisotopic (exact) mass is 232 g/mol. The first-order valence-corrected chi connectivity index (χ1v) is 6.08. The summed E-state index contributed by atoms with van der Waals surface area (Å²) >= 11 is 0. The molecular weight excluding hydrogens is 216 g/mol. The Hall–Kier alpha value is -1.35. The quantitative estimate of drug-likeness (QED) is 0.869. The topological polar surface area (TPSA) is 46.5 Å². The lowest BCUT2D eigenvalue weighted by molar-refractivity contribution is -0.192. The lowest BCUT2D eigenvalue weighted by Gasteiger charge is -2.57. The van der Waals surface area contributed by atoms with Crippen molar-refractivity contribution < 1.29 is 14.6 Å². The van der Waals surface area contributed by atoms with Gasteiger partial charge in [0, 0.05) is 0 Å². The van der Waals surface area contributed by atoms with E-state index in [0.717, 1.165) is 24.8 Å². The van der Waals surface area contributed by atoms with E-state index in [9.17, 15) is 9.90 Å². The van der Waals surface area contributed by atoms with E-state index in [2.05, 4.69) is 0 Å². The maximum Gasteiger partial charge on any atom is 0.310 e. The maximum atomic E-state index is 11.7. The van der Waals surface area contributed by atoms with Crippen LogP contribution in [0.5, 0.6) is 0 Å². The Balaban J connectivity index is 2.06. The van der Waals surface area contributed by atoms with Gasteiger partial charge in [0.25, 0.3) is 0 Å². The van der Waals surface area contributed by atoms with Crippen LogP contribution in [0.2, 0.25) is 0 Å². The molecule has 0 unspecified atom stereocenters. The molecule has 1 saturated carbocycles. The molecular formula is C14H16O3. The molecule has 0 atom stereocenters. The third kappa shape index (κ3) is 1.23. The van der Waals surface area contributed by atoms with E-state index in [1.807, 2.05) is 30.3 Å². The first-order valence-electron chi connectivity index (χ1n) is 6.08. The van der Waals surface area contributed by atoms with Crippen LogP contribution in [0.25, 0.3) is 0 Å². The van der Waals surface area contributed by atoms with Crippen LogP contribution in [-0.4, -0.2) is 24.3 Å². The Morgan fingerprint density at radius 2 is 1.82 bits per heavy atom. The predicted octanol–water partition coefficient (Wildman–Crippen LogP) is 2.21. The summed E-state index contributed by atoms with van der Waals surface area (Å²) in [5.41, 5.74) is 0.235. The average molecular weight is 232 g/mol. The van der Waals surface area contributed by atoms with Crippen molar-refractivity contribution in [3.8, 4) is 0 Å². The Morgan fingerprint density at radius 1 is 1.18 bits per heavy atom. The van der Waals surface area contributed by atoms with Crippen molar-refractivity contribution in [2.24, 2.45) is 5.41 Å². The number of carbonyl (C=O) groups is 1. The largest absolute Gasteiger partial charge is 0.481 e. The predicted molar refractivity (Wildman–Crippen MR) is 62.9 cm³/mol. The number of benzene rings is 1. The van der Waals surface area contributed by atoms with Crippen molar-refractivity contribution in [1.82, 2.24) is 0 Å². The van der Waals surface area contributed by atoms with E-state index in [0.29, 0.717) is 13.2 Å². The third-order valence-corrected chi connectivity index (χ3v) is 4.56. The highest BCUT2D eigenvalue weighted by molar-refractivity contribution is 5.79. The van der Waals surface area contributed by atoms with E-state index >= 15 is 0 Å². The number of ether oxygens (including phenoxy) is 1. The van der Waals surface area contributed by atoms with Gasteiger partial charge in [-0.15, -0.1) is 0 Å². The molecule has 0 aromatic heterocycles. The van der Waals surface area contributed by atoms with Crippen LogP contribution < -0.4 is 0 Å². The zero-order chi connectivity index (χ0) is 11.9. The third-order valence-electron chi connectivity index (χ3n) is 4.56. The number of rotatable bonds is 3. The van der Waals surface area contributed by atoms with E-state index in [1.54, 1.807) is 0 Å². The second kappa shape index (κ2) is 3.57. The molecule has 3 nitrogen and oxygen atoms in total. The van der Waals surface area contributed by atoms with Gasteiger partial charge in [-0.25, -0.2) is 0 Å². The molecule has 17 heavy (non-hydrogen) atoms. The van der Waals surface area contributed by atoms with Crippen molar-refractivity contribution in [3.63, 3.8) is 0 Å². The summed E-state index contributed by atoms with van der Waals surface area (Å²) in [6.07, 6.45) is 2.57. The molecule has 2 aliphatic rings. The molecule has 3 heteroatoms. The molecule has 1 saturated heterocycles. The van der Waals surface area contributed by atoms with E-state index < -0.39 is 11.4 Å². The highest BCUT2D eigenvalue weighted by atomic mass is 16.5. The van der Waals surface area contributed by atoms with E-state index in [1.165, 1.54) is 0 Å². The molecule has 1 aromatic carbocycles. The van der Waals surface area contributed by atoms with E-state index in [-0.39, 0.29) is 5.41 Å². The van der Waals surface area contributed by atoms with Crippen LogP contribution in [0.4, 0.5) is 0 Å². The van der Waals surface area contributed by atoms with Crippen LogP contribution in [-0.2, 0) is 14.9 Å². The molecule has 0 bridgehead atoms. The van der Waals surface area contributed by atoms with Gasteiger partial charge in [-0.05, 0) is 18.4 Å². The Morgan fingerprint density at radius 3 is 2.18 bits per heavy atom. The van der Waals surface area contributed by atoms with Crippen molar-refractivity contribution in [2.45, 2.75) is 24.7 Å². The zero-order valence-electron chi connectivity index (χ0n) is 9.69. The number of carboxylic acids is 1. The van der Waals surface area contributed by atoms with Crippen LogP contribution >= 0.6 is 0 Å². The summed E-state index contributed by atoms with van der Waals surface area (Å²) in [4.78, 5) is 11.7. The molecule has 3 rings (SSSR count). The van der Waals surface area contributed by atoms with Gasteiger partial charge in [0.2, 0.25) is 0 Å². The normalized spacial score (nSPS) is 24.5. The number of carboxylic acid groups (broad SMARTS) is 1. The lowest BCUT2D eigenvalue weighted by atomic mass is 9.50. The zero-order valence-corrected chi connectivity index (χ0v) is 9.69. The van der Waals surface area contributed by atoms with Crippen molar-refractivity contribution in [3.05, 3.63) is 35.9 Å². The highest BCUT2D eigenvalue weighted by Crippen LogP contribution is 2.58. The number of aliphatic carboxylic acids is 1. The molecule has 1 aliphatic carbocycles. The van der Waals surface area contributed by atoms with Crippen molar-refractivity contribution in [2.75, 3.05) is 13.2 Å². The van der Waals surface area contributed by atoms with Crippen LogP contribution in [0, 0.1) is 5.41 Å². The fourth-order valence-corrected chi connectivity index (χ4v) is 3.21. The molecule has 0 spiro atoms. The molecule has 1 heterocycles. The molecule has 90 valence electrons. The number of hydrogen-bond donors (Lipinski definition) is 1. The van der Waals surface area contributed by atoms with Crippen LogP contribution in [0.3, 0.4) is 0 Å². The molecule has 2 fully saturated rings. The second-order valence-corrected chi connectivity index (χ2v) is 5.18. The highest BCUT2D eigenvalue weighted by Gasteiger charge is 2.64. The van der Waals surface area contributed by atoms with Crippen molar-refractivity contribution >= 4 is 5.97 Å². The molecule has 0 amide bonds. The standard InChI is InChI=1S/C14H16O3/c15-12(16)13(7-4-8-13)14(9-17-10-14)11-5-2-1-3-6-11/h1-3,5-6H,4,7-10H2,(H,15,16). The van der Waals surface area contributed by atoms with E-state index in [4.69, 9.17) is 4.74 Å². The first kappa shape index (κ1) is 10.8. The Labute approximate surface area is 100 Å². The summed E-state index contributed by atoms with van der Waals surface area (Å²) in [6.45, 7) is 1.09. The van der Waals surface area contributed by atoms with Gasteiger partial charge in [0.1, 0.15) is 0 Å². The van der Waals surface area contributed by atoms with Gasteiger partial charge in [-0.1, -0.05) is 36.8 Å². The Kier molecular flexibility index (Phi) is 2.26. The molecule has 1 aromatic rings. The second-order valence-electron chi connectivity index (χ2n) is 5.18. The smallest absolute Gasteiger partial charge is 0.310 e. The summed E-state index contributed by atoms with van der Waals surface area (Å²) in [7, 11) is 0. The summed E-state index contributed by atoms with van der Waals surface area (Å²) < 4.78 is 5.36.